The Morgan fingerprint density at radius 2 is 1.96 bits per heavy atom. The first-order chi connectivity index (χ1) is 13.0. The van der Waals surface area contributed by atoms with Crippen molar-refractivity contribution in [1.82, 2.24) is 4.90 Å². The smallest absolute Gasteiger partial charge is 0.308 e. The Morgan fingerprint density at radius 3 is 2.63 bits per heavy atom. The number of rotatable bonds is 4. The van der Waals surface area contributed by atoms with E-state index in [0.717, 1.165) is 31.2 Å². The van der Waals surface area contributed by atoms with Gasteiger partial charge in [0.05, 0.1) is 24.6 Å². The van der Waals surface area contributed by atoms with Gasteiger partial charge in [0.1, 0.15) is 11.1 Å². The van der Waals surface area contributed by atoms with E-state index in [1.54, 1.807) is 11.3 Å². The summed E-state index contributed by atoms with van der Waals surface area (Å²) in [6.07, 6.45) is 6.81. The molecule has 1 aliphatic carbocycles. The minimum atomic E-state index is -0.294. The summed E-state index contributed by atoms with van der Waals surface area (Å²) in [7, 11) is 1.42. The van der Waals surface area contributed by atoms with Gasteiger partial charge in [-0.25, -0.2) is 0 Å². The van der Waals surface area contributed by atoms with Crippen LogP contribution in [-0.4, -0.2) is 43.0 Å². The Labute approximate surface area is 164 Å². The average molecular weight is 390 g/mol. The molecule has 0 saturated carbocycles. The van der Waals surface area contributed by atoms with E-state index in [9.17, 15) is 14.9 Å². The summed E-state index contributed by atoms with van der Waals surface area (Å²) >= 11 is 1.57. The average Bonchev–Trinajstić information content (AvgIpc) is 2.85. The lowest BCUT2D eigenvalue weighted by atomic mass is 9.96. The number of nitrogens with zero attached hydrogens (tertiary/aromatic N) is 2. The first-order valence-corrected chi connectivity index (χ1v) is 10.5. The number of nitriles is 1. The molecule has 1 aromatic rings. The Morgan fingerprint density at radius 1 is 1.26 bits per heavy atom. The number of esters is 1. The molecule has 1 unspecified atom stereocenters. The van der Waals surface area contributed by atoms with Crippen molar-refractivity contribution in [3.63, 3.8) is 0 Å². The monoisotopic (exact) mass is 389 g/mol. The zero-order chi connectivity index (χ0) is 19.4. The van der Waals surface area contributed by atoms with Crippen LogP contribution in [0.2, 0.25) is 0 Å². The molecule has 0 bridgehead atoms. The zero-order valence-electron chi connectivity index (χ0n) is 16.0. The van der Waals surface area contributed by atoms with Crippen LogP contribution in [0, 0.1) is 17.2 Å². The molecule has 2 aliphatic rings. The van der Waals surface area contributed by atoms with E-state index in [1.807, 2.05) is 6.92 Å². The fourth-order valence-electron chi connectivity index (χ4n) is 4.02. The molecule has 7 heteroatoms. The predicted octanol–water partition coefficient (Wildman–Crippen LogP) is 3.10. The van der Waals surface area contributed by atoms with Gasteiger partial charge in [-0.15, -0.1) is 11.3 Å². The highest BCUT2D eigenvalue weighted by Crippen LogP contribution is 2.37. The molecular formula is C20H27N3O3S. The molecule has 1 amide bonds. The van der Waals surface area contributed by atoms with Crippen molar-refractivity contribution in [2.45, 2.75) is 57.9 Å². The van der Waals surface area contributed by atoms with Crippen LogP contribution in [0.5, 0.6) is 0 Å². The van der Waals surface area contributed by atoms with Crippen LogP contribution in [0.15, 0.2) is 0 Å². The Kier molecular flexibility index (Phi) is 6.51. The number of likely N-dealkylation sites (tertiary alicyclic amines) is 1. The summed E-state index contributed by atoms with van der Waals surface area (Å²) in [5.74, 6) is -0.315. The number of amides is 1. The Hall–Kier alpha value is -1.91. The van der Waals surface area contributed by atoms with Gasteiger partial charge in [-0.1, -0.05) is 6.42 Å². The molecule has 0 aromatic carbocycles. The second kappa shape index (κ2) is 8.85. The van der Waals surface area contributed by atoms with E-state index >= 15 is 0 Å². The van der Waals surface area contributed by atoms with Crippen molar-refractivity contribution < 1.29 is 14.3 Å². The molecule has 1 saturated heterocycles. The quantitative estimate of drug-likeness (QED) is 0.632. The lowest BCUT2D eigenvalue weighted by Crippen LogP contribution is -2.47. The maximum absolute atomic E-state index is 12.8. The van der Waals surface area contributed by atoms with Crippen LogP contribution in [0.1, 0.15) is 55.0 Å². The van der Waals surface area contributed by atoms with Crippen molar-refractivity contribution in [3.8, 4) is 6.07 Å². The number of thiophene rings is 1. The Bertz CT molecular complexity index is 744. The van der Waals surface area contributed by atoms with E-state index in [2.05, 4.69) is 16.3 Å². The van der Waals surface area contributed by atoms with Gasteiger partial charge < -0.3 is 10.1 Å². The molecule has 1 fully saturated rings. The van der Waals surface area contributed by atoms with Crippen molar-refractivity contribution in [2.24, 2.45) is 5.92 Å². The second-order valence-electron chi connectivity index (χ2n) is 7.38. The van der Waals surface area contributed by atoms with Gasteiger partial charge in [0.25, 0.3) is 0 Å². The molecule has 27 heavy (non-hydrogen) atoms. The topological polar surface area (TPSA) is 82.4 Å². The molecule has 3 rings (SSSR count). The minimum Gasteiger partial charge on any atom is -0.469 e. The van der Waals surface area contributed by atoms with E-state index in [1.165, 1.54) is 18.4 Å². The fourth-order valence-corrected chi connectivity index (χ4v) is 5.26. The van der Waals surface area contributed by atoms with Gasteiger partial charge in [-0.2, -0.15) is 5.26 Å². The van der Waals surface area contributed by atoms with Gasteiger partial charge in [0, 0.05) is 4.88 Å². The summed E-state index contributed by atoms with van der Waals surface area (Å²) in [5, 5.41) is 13.3. The van der Waals surface area contributed by atoms with Crippen LogP contribution in [0.25, 0.3) is 0 Å². The molecule has 2 heterocycles. The van der Waals surface area contributed by atoms with Gasteiger partial charge in [0.2, 0.25) is 5.91 Å². The first kappa shape index (κ1) is 19.8. The number of carbonyl (C=O) groups is 2. The number of methoxy groups -OCH3 is 1. The third-order valence-corrected chi connectivity index (χ3v) is 6.97. The number of ether oxygens (including phenoxy) is 1. The van der Waals surface area contributed by atoms with Crippen LogP contribution < -0.4 is 5.32 Å². The molecule has 146 valence electrons. The fraction of sp³-hybridized carbons (Fsp3) is 0.650. The van der Waals surface area contributed by atoms with Crippen molar-refractivity contribution >= 4 is 28.2 Å². The number of carbonyl (C=O) groups excluding carboxylic acids is 2. The van der Waals surface area contributed by atoms with Gasteiger partial charge in [-0.05, 0) is 64.1 Å². The number of piperidine rings is 1. The van der Waals surface area contributed by atoms with E-state index in [0.29, 0.717) is 36.5 Å². The third kappa shape index (κ3) is 4.33. The summed E-state index contributed by atoms with van der Waals surface area (Å²) in [6, 6.07) is 2.02. The van der Waals surface area contributed by atoms with Crippen LogP contribution in [0.4, 0.5) is 5.00 Å². The van der Waals surface area contributed by atoms with Gasteiger partial charge in [0.15, 0.2) is 0 Å². The van der Waals surface area contributed by atoms with Gasteiger partial charge in [-0.3, -0.25) is 14.5 Å². The minimum absolute atomic E-state index is 0.0698. The molecule has 0 spiro atoms. The summed E-state index contributed by atoms with van der Waals surface area (Å²) in [6.45, 7) is 3.28. The molecule has 1 N–H and O–H groups in total. The lowest BCUT2D eigenvalue weighted by Gasteiger charge is -2.34. The number of anilines is 1. The maximum Gasteiger partial charge on any atom is 0.308 e. The van der Waals surface area contributed by atoms with Crippen LogP contribution >= 0.6 is 11.3 Å². The van der Waals surface area contributed by atoms with Crippen molar-refractivity contribution in [1.29, 1.82) is 5.26 Å². The van der Waals surface area contributed by atoms with Crippen molar-refractivity contribution in [2.75, 3.05) is 25.5 Å². The summed E-state index contributed by atoms with van der Waals surface area (Å²) in [5.41, 5.74) is 1.80. The predicted molar refractivity (Wildman–Crippen MR) is 105 cm³/mol. The maximum atomic E-state index is 12.8. The third-order valence-electron chi connectivity index (χ3n) is 5.76. The summed E-state index contributed by atoms with van der Waals surface area (Å²) in [4.78, 5) is 27.8. The zero-order valence-corrected chi connectivity index (χ0v) is 16.9. The number of nitrogens with one attached hydrogen (secondary N) is 1. The molecule has 0 radical (unpaired) electrons. The standard InChI is InChI=1S/C20H27N3O3S/c1-13(23-10-8-14(9-11-23)20(25)26-2)18(24)22-19-16(12-21)15-6-4-3-5-7-17(15)27-19/h13-14H,3-11H2,1-2H3,(H,22,24). The highest BCUT2D eigenvalue weighted by atomic mass is 32.1. The molecule has 6 nitrogen and oxygen atoms in total. The summed E-state index contributed by atoms with van der Waals surface area (Å²) < 4.78 is 4.82. The van der Waals surface area contributed by atoms with Crippen LogP contribution in [-0.2, 0) is 27.2 Å². The number of hydrogen-bond donors (Lipinski definition) is 1. The highest BCUT2D eigenvalue weighted by molar-refractivity contribution is 7.16. The first-order valence-electron chi connectivity index (χ1n) is 9.72. The van der Waals surface area contributed by atoms with E-state index in [-0.39, 0.29) is 23.8 Å². The molecule has 1 aliphatic heterocycles. The van der Waals surface area contributed by atoms with Crippen LogP contribution in [0.3, 0.4) is 0 Å². The second-order valence-corrected chi connectivity index (χ2v) is 8.48. The molecule has 1 atom stereocenters. The number of aryl methyl sites for hydroxylation is 1. The number of hydrogen-bond acceptors (Lipinski definition) is 6. The Balaban J connectivity index is 1.64. The van der Waals surface area contributed by atoms with Gasteiger partial charge >= 0.3 is 5.97 Å². The highest BCUT2D eigenvalue weighted by Gasteiger charge is 2.31. The largest absolute Gasteiger partial charge is 0.469 e. The SMILES string of the molecule is COC(=O)C1CCN(C(C)C(=O)Nc2sc3c(c2C#N)CCCCC3)CC1. The number of fused-ring (bicyclic) bond motifs is 1. The van der Waals surface area contributed by atoms with E-state index in [4.69, 9.17) is 4.74 Å². The molecular weight excluding hydrogens is 362 g/mol. The lowest BCUT2D eigenvalue weighted by molar-refractivity contribution is -0.147. The van der Waals surface area contributed by atoms with Crippen molar-refractivity contribution in [3.05, 3.63) is 16.0 Å². The molecule has 1 aromatic heterocycles. The van der Waals surface area contributed by atoms with E-state index < -0.39 is 0 Å². The normalized spacial score (nSPS) is 19.4.